The minimum absolute atomic E-state index is 0.101. The molecular weight excluding hydrogens is 388 g/mol. The Morgan fingerprint density at radius 2 is 1.64 bits per heavy atom. The van der Waals surface area contributed by atoms with Crippen LogP contribution < -0.4 is 0 Å². The van der Waals surface area contributed by atoms with Crippen molar-refractivity contribution in [2.24, 2.45) is 40.6 Å². The van der Waals surface area contributed by atoms with Gasteiger partial charge in [-0.1, -0.05) is 12.2 Å². The van der Waals surface area contributed by atoms with E-state index in [-0.39, 0.29) is 47.0 Å². The van der Waals surface area contributed by atoms with Crippen molar-refractivity contribution in [1.82, 2.24) is 5.01 Å². The van der Waals surface area contributed by atoms with Gasteiger partial charge in [-0.25, -0.2) is 0 Å². The predicted octanol–water partition coefficient (Wildman–Crippen LogP) is 2.25. The third-order valence-corrected chi connectivity index (χ3v) is 6.68. The summed E-state index contributed by atoms with van der Waals surface area (Å²) in [6.07, 6.45) is 6.62. The monoisotopic (exact) mass is 402 g/mol. The summed E-state index contributed by atoms with van der Waals surface area (Å²) >= 11 is 3.16. The number of nitrogens with zero attached hydrogens (tertiary/aromatic N) is 2. The zero-order chi connectivity index (χ0) is 17.5. The number of rotatable bonds is 2. The first kappa shape index (κ1) is 15.1. The second-order valence-electron chi connectivity index (χ2n) is 7.25. The average Bonchev–Trinajstić information content (AvgIpc) is 3.36. The van der Waals surface area contributed by atoms with Gasteiger partial charge in [-0.05, 0) is 52.1 Å². The Morgan fingerprint density at radius 3 is 2.24 bits per heavy atom. The number of carbonyl (C=O) groups is 2. The molecule has 6 atom stereocenters. The number of phenolic OH excluding ortho intramolecular Hbond substituents is 2. The van der Waals surface area contributed by atoms with Crippen molar-refractivity contribution in [1.29, 1.82) is 0 Å². The van der Waals surface area contributed by atoms with Gasteiger partial charge in [0.05, 0.1) is 22.5 Å². The van der Waals surface area contributed by atoms with E-state index >= 15 is 0 Å². The fraction of sp³-hybridized carbons (Fsp3) is 0.389. The Bertz CT molecular complexity index is 844. The van der Waals surface area contributed by atoms with Crippen LogP contribution in [-0.2, 0) is 9.59 Å². The van der Waals surface area contributed by atoms with Gasteiger partial charge in [0, 0.05) is 11.6 Å². The lowest BCUT2D eigenvalue weighted by atomic mass is 9.63. The molecule has 2 N–H and O–H groups in total. The van der Waals surface area contributed by atoms with Gasteiger partial charge in [0.1, 0.15) is 11.5 Å². The van der Waals surface area contributed by atoms with Crippen molar-refractivity contribution in [3.05, 3.63) is 34.3 Å². The van der Waals surface area contributed by atoms with Gasteiger partial charge >= 0.3 is 0 Å². The van der Waals surface area contributed by atoms with E-state index in [1.54, 1.807) is 0 Å². The summed E-state index contributed by atoms with van der Waals surface area (Å²) in [5.74, 6) is 0.0808. The normalized spacial score (nSPS) is 37.7. The first-order valence-corrected chi connectivity index (χ1v) is 9.08. The largest absolute Gasteiger partial charge is 0.507 e. The van der Waals surface area contributed by atoms with Crippen molar-refractivity contribution in [3.8, 4) is 11.5 Å². The van der Waals surface area contributed by atoms with Gasteiger partial charge in [0.15, 0.2) is 0 Å². The van der Waals surface area contributed by atoms with Gasteiger partial charge in [-0.15, -0.1) is 0 Å². The van der Waals surface area contributed by atoms with Gasteiger partial charge in [0.2, 0.25) is 0 Å². The zero-order valence-corrected chi connectivity index (χ0v) is 14.6. The van der Waals surface area contributed by atoms with Crippen LogP contribution in [0.5, 0.6) is 11.5 Å². The molecule has 0 aromatic heterocycles. The van der Waals surface area contributed by atoms with Crippen LogP contribution in [0.3, 0.4) is 0 Å². The number of imide groups is 1. The highest BCUT2D eigenvalue weighted by Crippen LogP contribution is 2.65. The molecule has 2 amide bonds. The summed E-state index contributed by atoms with van der Waals surface area (Å²) in [6.45, 7) is 0. The van der Waals surface area contributed by atoms with E-state index in [0.29, 0.717) is 21.9 Å². The Labute approximate surface area is 152 Å². The molecule has 3 fully saturated rings. The van der Waals surface area contributed by atoms with Crippen molar-refractivity contribution in [2.75, 3.05) is 0 Å². The molecule has 1 saturated heterocycles. The Morgan fingerprint density at radius 1 is 1.04 bits per heavy atom. The summed E-state index contributed by atoms with van der Waals surface area (Å²) in [6, 6.07) is 2.66. The fourth-order valence-corrected chi connectivity index (χ4v) is 5.21. The quantitative estimate of drug-likeness (QED) is 0.450. The van der Waals surface area contributed by atoms with Crippen molar-refractivity contribution in [2.45, 2.75) is 6.42 Å². The lowest BCUT2D eigenvalue weighted by Crippen LogP contribution is -2.40. The molecule has 5 aliphatic rings. The van der Waals surface area contributed by atoms with E-state index in [9.17, 15) is 19.8 Å². The number of benzene rings is 1. The fourth-order valence-electron chi connectivity index (χ4n) is 4.84. The minimum atomic E-state index is -0.288. The highest BCUT2D eigenvalue weighted by atomic mass is 79.9. The number of hydrogen-bond acceptors (Lipinski definition) is 5. The van der Waals surface area contributed by atoms with Crippen LogP contribution in [0.25, 0.3) is 0 Å². The molecule has 6 rings (SSSR count). The first-order valence-electron chi connectivity index (χ1n) is 8.29. The maximum atomic E-state index is 12.8. The van der Waals surface area contributed by atoms with Crippen LogP contribution in [0.4, 0.5) is 0 Å². The molecule has 2 bridgehead atoms. The third-order valence-electron chi connectivity index (χ3n) is 6.05. The minimum Gasteiger partial charge on any atom is -0.507 e. The van der Waals surface area contributed by atoms with E-state index in [1.807, 2.05) is 0 Å². The van der Waals surface area contributed by atoms with Gasteiger partial charge in [-0.3, -0.25) is 9.59 Å². The van der Waals surface area contributed by atoms with Crippen LogP contribution in [0.15, 0.2) is 33.9 Å². The summed E-state index contributed by atoms with van der Waals surface area (Å²) in [5, 5.41) is 24.5. The smallest absolute Gasteiger partial charge is 0.254 e. The van der Waals surface area contributed by atoms with Crippen molar-refractivity contribution in [3.63, 3.8) is 0 Å². The molecule has 1 aromatic carbocycles. The number of carbonyl (C=O) groups excluding carboxylic acids is 2. The lowest BCUT2D eigenvalue weighted by molar-refractivity contribution is -0.140. The molecule has 6 nitrogen and oxygen atoms in total. The molecule has 0 unspecified atom stereocenters. The van der Waals surface area contributed by atoms with Crippen molar-refractivity contribution >= 4 is 34.0 Å². The molecule has 25 heavy (non-hydrogen) atoms. The van der Waals surface area contributed by atoms with E-state index < -0.39 is 0 Å². The molecular formula is C18H15BrN2O4. The Hall–Kier alpha value is -2.15. The topological polar surface area (TPSA) is 90.2 Å². The molecule has 1 heterocycles. The zero-order valence-electron chi connectivity index (χ0n) is 13.0. The maximum absolute atomic E-state index is 12.8. The Balaban J connectivity index is 1.46. The third kappa shape index (κ3) is 1.99. The van der Waals surface area contributed by atoms with Crippen LogP contribution in [0.1, 0.15) is 12.0 Å². The first-order chi connectivity index (χ1) is 12.0. The van der Waals surface area contributed by atoms with Crippen LogP contribution in [0, 0.1) is 35.5 Å². The van der Waals surface area contributed by atoms with Gasteiger partial charge < -0.3 is 10.2 Å². The number of aromatic hydroxyl groups is 2. The number of allylic oxidation sites excluding steroid dienone is 2. The number of hydrazone groups is 1. The molecule has 0 spiro atoms. The number of hydrogen-bond donors (Lipinski definition) is 2. The Kier molecular flexibility index (Phi) is 2.99. The van der Waals surface area contributed by atoms with E-state index in [0.717, 1.165) is 11.4 Å². The summed E-state index contributed by atoms with van der Waals surface area (Å²) in [7, 11) is 0. The van der Waals surface area contributed by atoms with Crippen molar-refractivity contribution < 1.29 is 19.8 Å². The number of halogens is 1. The second kappa shape index (κ2) is 4.94. The predicted molar refractivity (Wildman–Crippen MR) is 91.6 cm³/mol. The summed E-state index contributed by atoms with van der Waals surface area (Å²) < 4.78 is 0.391. The molecule has 0 radical (unpaired) electrons. The summed E-state index contributed by atoms with van der Waals surface area (Å²) in [5.41, 5.74) is 0.309. The lowest BCUT2D eigenvalue weighted by Gasteiger charge is -2.37. The van der Waals surface area contributed by atoms with Crippen LogP contribution in [0.2, 0.25) is 0 Å². The molecule has 2 saturated carbocycles. The number of amides is 2. The van der Waals surface area contributed by atoms with E-state index in [1.165, 1.54) is 18.3 Å². The number of phenols is 2. The summed E-state index contributed by atoms with van der Waals surface area (Å²) in [4.78, 5) is 25.6. The van der Waals surface area contributed by atoms with E-state index in [4.69, 9.17) is 0 Å². The second-order valence-corrected chi connectivity index (χ2v) is 8.10. The highest BCUT2D eigenvalue weighted by Gasteiger charge is 2.67. The molecule has 128 valence electrons. The molecule has 4 aliphatic carbocycles. The maximum Gasteiger partial charge on any atom is 0.254 e. The van der Waals surface area contributed by atoms with Crippen LogP contribution >= 0.6 is 15.9 Å². The molecule has 1 aromatic rings. The highest BCUT2D eigenvalue weighted by molar-refractivity contribution is 9.10. The van der Waals surface area contributed by atoms with Gasteiger partial charge in [-0.2, -0.15) is 10.1 Å². The standard InChI is InChI=1S/C18H15BrN2O4/c19-12-3-7(13(22)5-14(12)23)6-20-21-17(24)15-8-1-2-9(11-4-10(8)11)16(15)18(21)25/h1-3,5-6,8-11,15-16,22-23H,4H2/b20-6-/t8-,9-,10-,11-,15+,16+/m1/s1. The van der Waals surface area contributed by atoms with E-state index in [2.05, 4.69) is 33.2 Å². The SMILES string of the molecule is O=C1[C@H]2[C@@H]3C=C[C@H]([C@H]4C[C@H]34)[C@@H]2C(=O)N1/N=C\c1cc(Br)c(O)cc1O. The average molecular weight is 403 g/mol. The van der Waals surface area contributed by atoms with Crippen LogP contribution in [-0.4, -0.2) is 33.3 Å². The van der Waals surface area contributed by atoms with Gasteiger partial charge in [0.25, 0.3) is 11.8 Å². The molecule has 1 aliphatic heterocycles. The molecule has 7 heteroatoms.